The molecule has 0 saturated heterocycles. The quantitative estimate of drug-likeness (QED) is 0.0514. The number of thiazole rings is 2. The normalized spacial score (nSPS) is 14.9. The molecular formula is C40H56N8O4S2Si. The monoisotopic (exact) mass is 804 g/mol. The lowest BCUT2D eigenvalue weighted by Crippen LogP contribution is -2.31. The van der Waals surface area contributed by atoms with Gasteiger partial charge in [-0.1, -0.05) is 73.7 Å². The van der Waals surface area contributed by atoms with Gasteiger partial charge in [-0.15, -0.1) is 10.2 Å². The SMILES string of the molecule is CCOC(=O)c1nc(N(C)c2cc(C)c(/N=c3\sc4ccccc4n3COCC[Si](C)(C)C)nn2)sc1-c1cnn(CC2(CCCOC)CCCCC2)c1C. The van der Waals surface area contributed by atoms with Gasteiger partial charge in [0, 0.05) is 53.2 Å². The Bertz CT molecular complexity index is 2140. The van der Waals surface area contributed by atoms with Crippen LogP contribution in [0.15, 0.2) is 41.5 Å². The number of hydrogen-bond donors (Lipinski definition) is 0. The van der Waals surface area contributed by atoms with Crippen molar-refractivity contribution in [2.24, 2.45) is 10.4 Å². The van der Waals surface area contributed by atoms with E-state index in [9.17, 15) is 4.79 Å². The van der Waals surface area contributed by atoms with Gasteiger partial charge in [0.25, 0.3) is 0 Å². The molecule has 0 unspecified atom stereocenters. The van der Waals surface area contributed by atoms with Gasteiger partial charge in [0.05, 0.1) is 27.9 Å². The molecule has 0 bridgehead atoms. The van der Waals surface area contributed by atoms with E-state index in [1.54, 1.807) is 25.4 Å². The average Bonchev–Trinajstić information content (AvgIpc) is 3.86. The number of para-hydroxylation sites is 1. The standard InChI is InChI=1S/C40H56N8O4S2Si/c1-9-52-37(49)34-35(30-25-41-48(29(30)3)26-40(20-15-21-50-5)18-13-10-14-19-40)54-38(42-34)46(4)33-24-28(2)36(45-44-33)43-39-47(27-51-22-23-55(6,7)8)31-16-11-12-17-32(31)53-39/h11-12,16-17,24-25H,9-10,13-15,18-23,26-27H2,1-8H3/b43-39-. The van der Waals surface area contributed by atoms with E-state index in [4.69, 9.17) is 29.3 Å². The van der Waals surface area contributed by atoms with E-state index >= 15 is 0 Å². The predicted molar refractivity (Wildman–Crippen MR) is 225 cm³/mol. The van der Waals surface area contributed by atoms with E-state index in [1.165, 1.54) is 43.4 Å². The minimum absolute atomic E-state index is 0.196. The second kappa shape index (κ2) is 18.0. The summed E-state index contributed by atoms with van der Waals surface area (Å²) in [6.45, 7) is 16.0. The summed E-state index contributed by atoms with van der Waals surface area (Å²) in [6.07, 6.45) is 10.2. The Morgan fingerprint density at radius 3 is 2.58 bits per heavy atom. The smallest absolute Gasteiger partial charge is 0.358 e. The van der Waals surface area contributed by atoms with Crippen LogP contribution in [0.3, 0.4) is 0 Å². The number of benzene rings is 1. The molecule has 1 aliphatic carbocycles. The molecule has 0 amide bonds. The van der Waals surface area contributed by atoms with Gasteiger partial charge in [-0.05, 0) is 81.7 Å². The third-order valence-corrected chi connectivity index (χ3v) is 14.4. The average molecular weight is 805 g/mol. The number of hydrogen-bond acceptors (Lipinski definition) is 12. The fourth-order valence-electron chi connectivity index (χ4n) is 7.19. The summed E-state index contributed by atoms with van der Waals surface area (Å²) in [5.74, 6) is 0.669. The van der Waals surface area contributed by atoms with Crippen molar-refractivity contribution in [1.29, 1.82) is 0 Å². The Morgan fingerprint density at radius 2 is 1.85 bits per heavy atom. The maximum atomic E-state index is 13.4. The topological polar surface area (TPSA) is 122 Å². The Labute approximate surface area is 333 Å². The largest absolute Gasteiger partial charge is 0.461 e. The summed E-state index contributed by atoms with van der Waals surface area (Å²) in [5, 5.41) is 14.7. The van der Waals surface area contributed by atoms with Crippen molar-refractivity contribution in [2.75, 3.05) is 38.9 Å². The number of esters is 1. The number of aryl methyl sites for hydroxylation is 1. The zero-order valence-corrected chi connectivity index (χ0v) is 36.3. The molecule has 1 aromatic carbocycles. The molecule has 5 aromatic rings. The van der Waals surface area contributed by atoms with Gasteiger partial charge in [-0.3, -0.25) is 9.25 Å². The summed E-state index contributed by atoms with van der Waals surface area (Å²) in [7, 11) is 2.45. The molecule has 0 spiro atoms. The molecule has 12 nitrogen and oxygen atoms in total. The van der Waals surface area contributed by atoms with Gasteiger partial charge >= 0.3 is 5.97 Å². The highest BCUT2D eigenvalue weighted by atomic mass is 32.1. The van der Waals surface area contributed by atoms with Crippen LogP contribution in [0.1, 0.15) is 73.6 Å². The van der Waals surface area contributed by atoms with Crippen molar-refractivity contribution in [3.63, 3.8) is 0 Å². The fraction of sp³-hybridized carbons (Fsp3) is 0.550. The molecule has 0 radical (unpaired) electrons. The van der Waals surface area contributed by atoms with E-state index in [0.29, 0.717) is 23.5 Å². The highest BCUT2D eigenvalue weighted by Crippen LogP contribution is 2.43. The third-order valence-electron chi connectivity index (χ3n) is 10.5. The number of carbonyl (C=O) groups is 1. The number of nitrogens with zero attached hydrogens (tertiary/aromatic N) is 8. The number of aromatic nitrogens is 6. The van der Waals surface area contributed by atoms with Crippen LogP contribution >= 0.6 is 22.7 Å². The first kappa shape index (κ1) is 40.9. The lowest BCUT2D eigenvalue weighted by Gasteiger charge is -2.37. The van der Waals surface area contributed by atoms with Crippen LogP contribution in [-0.4, -0.2) is 77.6 Å². The summed E-state index contributed by atoms with van der Waals surface area (Å²) in [6, 6.07) is 11.3. The van der Waals surface area contributed by atoms with Gasteiger partial charge in [-0.25, -0.2) is 9.78 Å². The van der Waals surface area contributed by atoms with Crippen molar-refractivity contribution >= 4 is 63.7 Å². The molecule has 6 rings (SSSR count). The molecule has 0 aliphatic heterocycles. The third kappa shape index (κ3) is 9.80. The highest BCUT2D eigenvalue weighted by Gasteiger charge is 2.34. The van der Waals surface area contributed by atoms with Crippen molar-refractivity contribution in [2.45, 2.75) is 105 Å². The fourth-order valence-corrected chi connectivity index (χ4v) is 10.1. The number of fused-ring (bicyclic) bond motifs is 1. The van der Waals surface area contributed by atoms with Crippen molar-refractivity contribution < 1.29 is 19.0 Å². The number of methoxy groups -OCH3 is 1. The van der Waals surface area contributed by atoms with E-state index in [-0.39, 0.29) is 17.7 Å². The van der Waals surface area contributed by atoms with Crippen LogP contribution in [0.4, 0.5) is 16.8 Å². The highest BCUT2D eigenvalue weighted by molar-refractivity contribution is 7.19. The first-order valence-electron chi connectivity index (χ1n) is 19.4. The maximum absolute atomic E-state index is 13.4. The molecule has 0 atom stereocenters. The zero-order valence-electron chi connectivity index (χ0n) is 33.7. The molecule has 296 valence electrons. The van der Waals surface area contributed by atoms with Crippen LogP contribution in [0, 0.1) is 19.3 Å². The zero-order chi connectivity index (χ0) is 39.2. The van der Waals surface area contributed by atoms with Gasteiger partial charge in [0.15, 0.2) is 27.3 Å². The number of rotatable bonds is 17. The first-order chi connectivity index (χ1) is 26.4. The molecule has 4 aromatic heterocycles. The Hall–Kier alpha value is -3.76. The van der Waals surface area contributed by atoms with Crippen molar-refractivity contribution in [3.05, 3.63) is 58.3 Å². The number of anilines is 2. The van der Waals surface area contributed by atoms with Crippen LogP contribution < -0.4 is 9.70 Å². The molecule has 1 aliphatic rings. The summed E-state index contributed by atoms with van der Waals surface area (Å²) >= 11 is 3.03. The molecule has 0 N–H and O–H groups in total. The Kier molecular flexibility index (Phi) is 13.4. The molecule has 1 saturated carbocycles. The van der Waals surface area contributed by atoms with Gasteiger partial charge in [0.2, 0.25) is 0 Å². The van der Waals surface area contributed by atoms with Crippen LogP contribution in [0.25, 0.3) is 20.7 Å². The second-order valence-corrected chi connectivity index (χ2v) is 23.5. The Morgan fingerprint density at radius 1 is 1.07 bits per heavy atom. The second-order valence-electron chi connectivity index (χ2n) is 15.9. The lowest BCUT2D eigenvalue weighted by atomic mass is 9.71. The Balaban J connectivity index is 1.28. The maximum Gasteiger partial charge on any atom is 0.358 e. The predicted octanol–water partition coefficient (Wildman–Crippen LogP) is 9.30. The van der Waals surface area contributed by atoms with Gasteiger partial charge < -0.3 is 19.1 Å². The van der Waals surface area contributed by atoms with E-state index < -0.39 is 14.0 Å². The number of ether oxygens (including phenoxy) is 3. The first-order valence-corrected chi connectivity index (χ1v) is 24.7. The molecule has 15 heteroatoms. The van der Waals surface area contributed by atoms with Crippen molar-refractivity contribution in [3.8, 4) is 10.4 Å². The minimum atomic E-state index is -1.21. The van der Waals surface area contributed by atoms with E-state index in [2.05, 4.69) is 58.1 Å². The molecule has 1 fully saturated rings. The van der Waals surface area contributed by atoms with Gasteiger partial charge in [-0.2, -0.15) is 10.1 Å². The van der Waals surface area contributed by atoms with Crippen LogP contribution in [0.5, 0.6) is 0 Å². The van der Waals surface area contributed by atoms with Crippen LogP contribution in [-0.2, 0) is 27.5 Å². The summed E-state index contributed by atoms with van der Waals surface area (Å²) in [5.41, 5.74) is 4.32. The molecule has 4 heterocycles. The van der Waals surface area contributed by atoms with E-state index in [0.717, 1.165) is 75.4 Å². The van der Waals surface area contributed by atoms with Crippen LogP contribution in [0.2, 0.25) is 25.7 Å². The summed E-state index contributed by atoms with van der Waals surface area (Å²) < 4.78 is 22.4. The molecular weight excluding hydrogens is 749 g/mol. The summed E-state index contributed by atoms with van der Waals surface area (Å²) in [4.78, 5) is 26.6. The van der Waals surface area contributed by atoms with Crippen molar-refractivity contribution in [1.82, 2.24) is 29.5 Å². The number of carbonyl (C=O) groups excluding carboxylic acids is 1. The lowest BCUT2D eigenvalue weighted by molar-refractivity contribution is 0.0521. The minimum Gasteiger partial charge on any atom is -0.461 e. The van der Waals surface area contributed by atoms with E-state index in [1.807, 2.05) is 43.3 Å². The molecule has 55 heavy (non-hydrogen) atoms. The van der Waals surface area contributed by atoms with Gasteiger partial charge in [0.1, 0.15) is 6.73 Å².